The van der Waals surface area contributed by atoms with E-state index < -0.39 is 0 Å². The summed E-state index contributed by atoms with van der Waals surface area (Å²) in [4.78, 5) is 45.0. The van der Waals surface area contributed by atoms with Gasteiger partial charge in [-0.15, -0.1) is 0 Å². The Hall–Kier alpha value is -1.81. The minimum atomic E-state index is 0.318. The van der Waals surface area contributed by atoms with Gasteiger partial charge in [0.1, 0.15) is 0 Å². The van der Waals surface area contributed by atoms with Crippen molar-refractivity contribution in [3.05, 3.63) is 20.7 Å². The number of carbonyl (C=O) groups excluding carboxylic acids is 6. The molecule has 1 rings (SSSR count). The molecule has 7 heteroatoms. The summed E-state index contributed by atoms with van der Waals surface area (Å²) in [5.74, 6) is 0. The second-order valence-electron chi connectivity index (χ2n) is 3.83. The normalized spacial score (nSPS) is 12.2. The third-order valence-corrected chi connectivity index (χ3v) is 4.98. The van der Waals surface area contributed by atoms with Crippen molar-refractivity contribution in [2.45, 2.75) is 34.6 Å². The summed E-state index contributed by atoms with van der Waals surface area (Å²) in [6.07, 6.45) is 0. The molecule has 1 aliphatic rings. The zero-order valence-corrected chi connectivity index (χ0v) is 15.4. The van der Waals surface area contributed by atoms with Crippen LogP contribution in [0, 0.1) is 5.41 Å². The Morgan fingerprint density at radius 2 is 0.826 bits per heavy atom. The van der Waals surface area contributed by atoms with Crippen molar-refractivity contribution in [2.24, 2.45) is 5.41 Å². The van der Waals surface area contributed by atoms with Crippen LogP contribution in [0.25, 0.3) is 0 Å². The van der Waals surface area contributed by atoms with Crippen LogP contribution in [0.3, 0.4) is 0 Å². The van der Waals surface area contributed by atoms with Crippen LogP contribution in [0.2, 0.25) is 0 Å². The monoisotopic (exact) mass is 401 g/mol. The Morgan fingerprint density at radius 1 is 0.609 bits per heavy atom. The molecule has 12 radical (unpaired) electrons. The van der Waals surface area contributed by atoms with Crippen LogP contribution in [0.4, 0.5) is 0 Å². The first kappa shape index (κ1) is 37.4. The van der Waals surface area contributed by atoms with Crippen molar-refractivity contribution >= 4 is 40.7 Å². The fraction of sp³-hybridized carbons (Fsp3) is 0.375. The quantitative estimate of drug-likeness (QED) is 0.559. The average molecular weight is 399 g/mol. The van der Waals surface area contributed by atoms with E-state index in [9.17, 15) is 0 Å². The average Bonchev–Trinajstić information content (AvgIpc) is 2.80. The van der Waals surface area contributed by atoms with Gasteiger partial charge >= 0.3 is 80.5 Å². The SMILES string of the molecule is CC1=C(C)C(C)(C)[C]([Mo])=C1C.[C]=O.[C]=O.[C]=O.[C]=O.[C]=O.[C]=O. The van der Waals surface area contributed by atoms with Crippen LogP contribution >= 0.6 is 0 Å². The van der Waals surface area contributed by atoms with E-state index in [2.05, 4.69) is 95.2 Å². The Balaban J connectivity index is -0.0000000511. The van der Waals surface area contributed by atoms with Crippen molar-refractivity contribution < 1.29 is 48.6 Å². The maximum Gasteiger partial charge on any atom is 0.281 e. The van der Waals surface area contributed by atoms with Gasteiger partial charge in [-0.2, -0.15) is 0 Å². The summed E-state index contributed by atoms with van der Waals surface area (Å²) in [6, 6.07) is 0. The Morgan fingerprint density at radius 3 is 0.870 bits per heavy atom. The molecule has 0 heterocycles. The van der Waals surface area contributed by atoms with E-state index in [1.165, 1.54) is 16.7 Å². The van der Waals surface area contributed by atoms with Crippen molar-refractivity contribution in [1.82, 2.24) is 0 Å². The largest absolute Gasteiger partial charge is 0.281 e. The summed E-state index contributed by atoms with van der Waals surface area (Å²) in [7, 11) is 0. The van der Waals surface area contributed by atoms with Gasteiger partial charge in [-0.05, 0) is 0 Å². The molecule has 121 valence electrons. The van der Waals surface area contributed by atoms with Crippen molar-refractivity contribution in [2.75, 3.05) is 0 Å². The molecule has 23 heavy (non-hydrogen) atoms. The fourth-order valence-electron chi connectivity index (χ4n) is 1.56. The topological polar surface area (TPSA) is 102 Å². The molecule has 0 N–H and O–H groups in total. The maximum atomic E-state index is 7.50. The van der Waals surface area contributed by atoms with Crippen molar-refractivity contribution in [3.63, 3.8) is 0 Å². The van der Waals surface area contributed by atoms with Gasteiger partial charge in [-0.25, -0.2) is 0 Å². The summed E-state index contributed by atoms with van der Waals surface area (Å²) in [5, 5.41) is 0. The molecule has 0 aliphatic heterocycles. The van der Waals surface area contributed by atoms with E-state index >= 15 is 0 Å². The molecule has 0 aromatic carbocycles. The molecule has 1 aliphatic carbocycles. The molecule has 0 fully saturated rings. The summed E-state index contributed by atoms with van der Waals surface area (Å²) >= 11 is 2.17. The standard InChI is InChI=1S/C10H15.6CO.Mo/c1-7-6-10(4,5)9(3)8(7)2;6*1-2;/h1-5H3;;;;;;;. The molecular formula is C16H15MoO6. The van der Waals surface area contributed by atoms with Crippen LogP contribution in [-0.4, -0.2) is 40.7 Å². The van der Waals surface area contributed by atoms with Gasteiger partial charge < -0.3 is 0 Å². The first-order chi connectivity index (χ1) is 10.9. The first-order valence-electron chi connectivity index (χ1n) is 5.18. The molecule has 0 atom stereocenters. The fourth-order valence-corrected chi connectivity index (χ4v) is 2.31. The van der Waals surface area contributed by atoms with Crippen LogP contribution in [0.1, 0.15) is 34.6 Å². The molecule has 0 saturated carbocycles. The third-order valence-electron chi connectivity index (χ3n) is 2.97. The zero-order chi connectivity index (χ0) is 20.8. The smallest absolute Gasteiger partial charge is 0.281 e. The van der Waals surface area contributed by atoms with Crippen molar-refractivity contribution in [1.29, 1.82) is 0 Å². The number of rotatable bonds is 0. The molecule has 0 amide bonds. The van der Waals surface area contributed by atoms with E-state index in [0.717, 1.165) is 0 Å². The van der Waals surface area contributed by atoms with Crippen LogP contribution in [0.5, 0.6) is 0 Å². The number of hydrogen-bond acceptors (Lipinski definition) is 6. The van der Waals surface area contributed by atoms with E-state index in [1.54, 1.807) is 3.96 Å². The van der Waals surface area contributed by atoms with E-state index in [4.69, 9.17) is 28.8 Å². The van der Waals surface area contributed by atoms with Gasteiger partial charge in [0, 0.05) is 0 Å². The minimum Gasteiger partial charge on any atom is -0.281 e. The van der Waals surface area contributed by atoms with Crippen LogP contribution in [-0.2, 0) is 48.6 Å². The van der Waals surface area contributed by atoms with Crippen LogP contribution < -0.4 is 0 Å². The minimum absolute atomic E-state index is 0.318. The zero-order valence-electron chi connectivity index (χ0n) is 13.4. The summed E-state index contributed by atoms with van der Waals surface area (Å²) < 4.78 is 1.54. The molecule has 0 bridgehead atoms. The third kappa shape index (κ3) is 13.6. The second-order valence-corrected chi connectivity index (χ2v) is 4.83. The second kappa shape index (κ2) is 28.4. The molecule has 0 aromatic rings. The molecule has 0 spiro atoms. The van der Waals surface area contributed by atoms with Crippen molar-refractivity contribution in [3.8, 4) is 0 Å². The Labute approximate surface area is 150 Å². The van der Waals surface area contributed by atoms with E-state index in [1.807, 2.05) is 0 Å². The Bertz CT molecular complexity index is 309. The predicted molar refractivity (Wildman–Crippen MR) is 79.0 cm³/mol. The maximum absolute atomic E-state index is 7.50. The summed E-state index contributed by atoms with van der Waals surface area (Å²) in [5.41, 5.74) is 4.85. The molecule has 6 nitrogen and oxygen atoms in total. The van der Waals surface area contributed by atoms with Gasteiger partial charge in [-0.3, -0.25) is 28.8 Å². The van der Waals surface area contributed by atoms with Crippen LogP contribution in [0.15, 0.2) is 20.7 Å². The van der Waals surface area contributed by atoms with Gasteiger partial charge in [0.15, 0.2) is 0 Å². The number of hydrogen-bond donors (Lipinski definition) is 0. The van der Waals surface area contributed by atoms with E-state index in [0.29, 0.717) is 5.41 Å². The van der Waals surface area contributed by atoms with Gasteiger partial charge in [0.25, 0.3) is 40.7 Å². The molecule has 0 aromatic heterocycles. The number of allylic oxidation sites excluding steroid dienone is 4. The molecule has 0 saturated heterocycles. The van der Waals surface area contributed by atoms with Gasteiger partial charge in [0.05, 0.1) is 0 Å². The molecule has 0 unspecified atom stereocenters. The summed E-state index contributed by atoms with van der Waals surface area (Å²) in [6.45, 7) is 38.3. The van der Waals surface area contributed by atoms with Gasteiger partial charge in [0.2, 0.25) is 0 Å². The Kier molecular flexibility index (Phi) is 46.2. The van der Waals surface area contributed by atoms with E-state index in [-0.39, 0.29) is 0 Å². The molecular weight excluding hydrogens is 384 g/mol. The van der Waals surface area contributed by atoms with Gasteiger partial charge in [-0.1, -0.05) is 0 Å². The predicted octanol–water partition coefficient (Wildman–Crippen LogP) is 0.801. The first-order valence-corrected chi connectivity index (χ1v) is 6.18.